The highest BCUT2D eigenvalue weighted by Gasteiger charge is 2.14. The highest BCUT2D eigenvalue weighted by molar-refractivity contribution is 7.99. The zero-order valence-electron chi connectivity index (χ0n) is 10.5. The molecule has 20 heavy (non-hydrogen) atoms. The number of alkyl halides is 2. The van der Waals surface area contributed by atoms with Crippen LogP contribution in [0, 0.1) is 0 Å². The van der Waals surface area contributed by atoms with E-state index in [0.29, 0.717) is 28.9 Å². The molecule has 1 amide bonds. The molecule has 0 unspecified atom stereocenters. The lowest BCUT2D eigenvalue weighted by Crippen LogP contribution is -2.26. The molecule has 0 atom stereocenters. The third-order valence-electron chi connectivity index (χ3n) is 2.49. The molecule has 4 nitrogen and oxygen atoms in total. The Kier molecular flexibility index (Phi) is 5.02. The number of carbonyl (C=O) groups excluding carboxylic acids is 1. The van der Waals surface area contributed by atoms with E-state index in [1.54, 1.807) is 36.7 Å². The molecule has 0 spiro atoms. The molecule has 1 aromatic heterocycles. The van der Waals surface area contributed by atoms with Crippen molar-refractivity contribution >= 4 is 29.2 Å². The van der Waals surface area contributed by atoms with E-state index in [0.717, 1.165) is 17.1 Å². The van der Waals surface area contributed by atoms with E-state index in [9.17, 15) is 13.6 Å². The summed E-state index contributed by atoms with van der Waals surface area (Å²) in [5.74, 6) is -2.65. The summed E-state index contributed by atoms with van der Waals surface area (Å²) in [7, 11) is 1.66. The minimum Gasteiger partial charge on any atom is -0.336 e. The maximum atomic E-state index is 12.2. The summed E-state index contributed by atoms with van der Waals surface area (Å²) in [5.41, 5.74) is 1.17. The standard InChI is InChI=1S/C12H11F2N3OS2/c1-17(11(18)10-7-19-16-15-10)6-8-2-4-9(5-3-8)20-12(13)14/h2-5,7,12H,6H2,1H3. The van der Waals surface area contributed by atoms with Gasteiger partial charge in [-0.15, -0.1) is 5.10 Å². The fraction of sp³-hybridized carbons (Fsp3) is 0.250. The Morgan fingerprint density at radius 2 is 2.10 bits per heavy atom. The number of hydrogen-bond donors (Lipinski definition) is 0. The minimum atomic E-state index is -2.43. The second-order valence-corrected chi connectivity index (χ2v) is 5.65. The number of thioether (sulfide) groups is 1. The van der Waals surface area contributed by atoms with Crippen molar-refractivity contribution in [2.45, 2.75) is 17.2 Å². The van der Waals surface area contributed by atoms with Gasteiger partial charge >= 0.3 is 0 Å². The quantitative estimate of drug-likeness (QED) is 0.795. The van der Waals surface area contributed by atoms with Gasteiger partial charge < -0.3 is 4.90 Å². The summed E-state index contributed by atoms with van der Waals surface area (Å²) in [6, 6.07) is 6.70. The van der Waals surface area contributed by atoms with Crippen molar-refractivity contribution in [1.82, 2.24) is 14.5 Å². The van der Waals surface area contributed by atoms with Gasteiger partial charge in [-0.1, -0.05) is 28.4 Å². The Morgan fingerprint density at radius 1 is 1.40 bits per heavy atom. The van der Waals surface area contributed by atoms with Gasteiger partial charge in [0.2, 0.25) is 0 Å². The van der Waals surface area contributed by atoms with Crippen molar-refractivity contribution < 1.29 is 13.6 Å². The van der Waals surface area contributed by atoms with Gasteiger partial charge in [0.25, 0.3) is 11.7 Å². The molecule has 0 aliphatic heterocycles. The van der Waals surface area contributed by atoms with Crippen LogP contribution < -0.4 is 0 Å². The summed E-state index contributed by atoms with van der Waals surface area (Å²) in [5, 5.41) is 5.30. The predicted octanol–water partition coefficient (Wildman–Crippen LogP) is 3.13. The number of rotatable bonds is 5. The monoisotopic (exact) mass is 315 g/mol. The summed E-state index contributed by atoms with van der Waals surface area (Å²) in [6.07, 6.45) is 0. The van der Waals surface area contributed by atoms with Crippen LogP contribution in [0.3, 0.4) is 0 Å². The minimum absolute atomic E-state index is 0.218. The highest BCUT2D eigenvalue weighted by atomic mass is 32.2. The van der Waals surface area contributed by atoms with Crippen molar-refractivity contribution in [2.75, 3.05) is 7.05 Å². The predicted molar refractivity (Wildman–Crippen MR) is 74.0 cm³/mol. The fourth-order valence-electron chi connectivity index (χ4n) is 1.58. The van der Waals surface area contributed by atoms with Crippen molar-refractivity contribution in [3.8, 4) is 0 Å². The average molecular weight is 315 g/mol. The molecule has 0 bridgehead atoms. The summed E-state index contributed by atoms with van der Waals surface area (Å²) in [6.45, 7) is 0.385. The molecule has 0 saturated heterocycles. The number of hydrogen-bond acceptors (Lipinski definition) is 5. The van der Waals surface area contributed by atoms with E-state index in [1.165, 1.54) is 4.90 Å². The first-order valence-electron chi connectivity index (χ1n) is 5.62. The number of benzene rings is 1. The Bertz CT molecular complexity index is 561. The van der Waals surface area contributed by atoms with E-state index in [-0.39, 0.29) is 5.91 Å². The molecule has 1 heterocycles. The molecule has 0 aliphatic carbocycles. The van der Waals surface area contributed by atoms with Crippen molar-refractivity contribution in [3.63, 3.8) is 0 Å². The second kappa shape index (κ2) is 6.76. The van der Waals surface area contributed by atoms with E-state index in [2.05, 4.69) is 9.59 Å². The van der Waals surface area contributed by atoms with Gasteiger partial charge in [0.05, 0.1) is 0 Å². The maximum absolute atomic E-state index is 12.2. The topological polar surface area (TPSA) is 46.1 Å². The maximum Gasteiger partial charge on any atom is 0.288 e. The number of nitrogens with zero attached hydrogens (tertiary/aromatic N) is 3. The SMILES string of the molecule is CN(Cc1ccc(SC(F)F)cc1)C(=O)c1csnn1. The van der Waals surface area contributed by atoms with Gasteiger partial charge in [-0.25, -0.2) is 0 Å². The van der Waals surface area contributed by atoms with Crippen LogP contribution in [0.15, 0.2) is 34.5 Å². The molecule has 0 fully saturated rings. The van der Waals surface area contributed by atoms with Crippen LogP contribution in [0.4, 0.5) is 8.78 Å². The van der Waals surface area contributed by atoms with Gasteiger partial charge in [0.15, 0.2) is 5.69 Å². The summed E-state index contributed by atoms with van der Waals surface area (Å²) >= 11 is 1.62. The van der Waals surface area contributed by atoms with Crippen LogP contribution in [0.25, 0.3) is 0 Å². The van der Waals surface area contributed by atoms with Crippen LogP contribution in [0.2, 0.25) is 0 Å². The fourth-order valence-corrected chi connectivity index (χ4v) is 2.50. The van der Waals surface area contributed by atoms with Crippen molar-refractivity contribution in [2.24, 2.45) is 0 Å². The number of aromatic nitrogens is 2. The van der Waals surface area contributed by atoms with Gasteiger partial charge in [-0.05, 0) is 29.2 Å². The molecule has 8 heteroatoms. The van der Waals surface area contributed by atoms with E-state index in [4.69, 9.17) is 0 Å². The van der Waals surface area contributed by atoms with Crippen LogP contribution in [-0.2, 0) is 6.54 Å². The first-order chi connectivity index (χ1) is 9.56. The molecule has 2 aromatic rings. The lowest BCUT2D eigenvalue weighted by molar-refractivity contribution is 0.0779. The first-order valence-corrected chi connectivity index (χ1v) is 7.34. The largest absolute Gasteiger partial charge is 0.336 e. The second-order valence-electron chi connectivity index (χ2n) is 3.97. The Morgan fingerprint density at radius 3 is 2.65 bits per heavy atom. The van der Waals surface area contributed by atoms with E-state index < -0.39 is 5.76 Å². The Labute approximate surface area is 123 Å². The van der Waals surface area contributed by atoms with Crippen LogP contribution in [0.1, 0.15) is 16.1 Å². The average Bonchev–Trinajstić information content (AvgIpc) is 2.93. The zero-order valence-corrected chi connectivity index (χ0v) is 12.1. The van der Waals surface area contributed by atoms with Gasteiger partial charge in [0, 0.05) is 23.9 Å². The lowest BCUT2D eigenvalue weighted by Gasteiger charge is -2.15. The van der Waals surface area contributed by atoms with E-state index >= 15 is 0 Å². The van der Waals surface area contributed by atoms with Crippen LogP contribution in [0.5, 0.6) is 0 Å². The Hall–Kier alpha value is -1.54. The highest BCUT2D eigenvalue weighted by Crippen LogP contribution is 2.25. The van der Waals surface area contributed by atoms with Gasteiger partial charge in [0.1, 0.15) is 0 Å². The smallest absolute Gasteiger partial charge is 0.288 e. The molecule has 2 rings (SSSR count). The normalized spacial score (nSPS) is 10.8. The van der Waals surface area contributed by atoms with E-state index in [1.807, 2.05) is 0 Å². The molecule has 0 N–H and O–H groups in total. The third kappa shape index (κ3) is 3.97. The number of carbonyl (C=O) groups is 1. The van der Waals surface area contributed by atoms with Gasteiger partial charge in [-0.2, -0.15) is 8.78 Å². The molecule has 0 aliphatic rings. The molecule has 106 valence electrons. The first kappa shape index (κ1) is 14.9. The van der Waals surface area contributed by atoms with Crippen LogP contribution in [-0.4, -0.2) is 33.2 Å². The molecule has 1 aromatic carbocycles. The van der Waals surface area contributed by atoms with Crippen molar-refractivity contribution in [1.29, 1.82) is 0 Å². The van der Waals surface area contributed by atoms with Crippen LogP contribution >= 0.6 is 23.3 Å². The van der Waals surface area contributed by atoms with Crippen molar-refractivity contribution in [3.05, 3.63) is 40.9 Å². The Balaban J connectivity index is 1.97. The lowest BCUT2D eigenvalue weighted by atomic mass is 10.2. The number of halogens is 2. The summed E-state index contributed by atoms with van der Waals surface area (Å²) < 4.78 is 28.0. The molecule has 0 saturated carbocycles. The zero-order chi connectivity index (χ0) is 14.5. The summed E-state index contributed by atoms with van der Waals surface area (Å²) in [4.78, 5) is 14.0. The third-order valence-corrected chi connectivity index (χ3v) is 3.72. The number of amides is 1. The molecular weight excluding hydrogens is 304 g/mol. The van der Waals surface area contributed by atoms with Gasteiger partial charge in [-0.3, -0.25) is 4.79 Å². The molecule has 0 radical (unpaired) electrons. The molecular formula is C12H11F2N3OS2.